The summed E-state index contributed by atoms with van der Waals surface area (Å²) >= 11 is 7.89. The van der Waals surface area contributed by atoms with Crippen molar-refractivity contribution >= 4 is 64.5 Å². The molecular weight excluding hydrogens is 420 g/mol. The van der Waals surface area contributed by atoms with Crippen LogP contribution in [0.2, 0.25) is 0 Å². The van der Waals surface area contributed by atoms with E-state index in [9.17, 15) is 9.90 Å². The molecule has 1 aromatic heterocycles. The van der Waals surface area contributed by atoms with Gasteiger partial charge in [-0.3, -0.25) is 10.1 Å². The molecule has 106 valence electrons. The van der Waals surface area contributed by atoms with Crippen LogP contribution < -0.4 is 5.32 Å². The van der Waals surface area contributed by atoms with Crippen LogP contribution in [0.25, 0.3) is 10.2 Å². The Labute approximate surface area is 141 Å². The maximum atomic E-state index is 12.3. The van der Waals surface area contributed by atoms with Gasteiger partial charge < -0.3 is 5.11 Å². The molecule has 7 heteroatoms. The van der Waals surface area contributed by atoms with Gasteiger partial charge in [-0.1, -0.05) is 39.4 Å². The highest BCUT2D eigenvalue weighted by Crippen LogP contribution is 2.33. The first-order valence-electron chi connectivity index (χ1n) is 5.89. The standard InChI is InChI=1S/C14H8Br2N2O2S/c15-7-5-8(12(19)9(16)6-7)13(20)18-14-17-10-3-1-2-4-11(10)21-14/h1-6,19H,(H,17,18,20). The van der Waals surface area contributed by atoms with E-state index in [1.807, 2.05) is 24.3 Å². The van der Waals surface area contributed by atoms with E-state index in [2.05, 4.69) is 42.2 Å². The minimum absolute atomic E-state index is 0.100. The van der Waals surface area contributed by atoms with E-state index >= 15 is 0 Å². The number of carbonyl (C=O) groups is 1. The first kappa shape index (κ1) is 14.5. The van der Waals surface area contributed by atoms with E-state index in [0.29, 0.717) is 14.1 Å². The van der Waals surface area contributed by atoms with Crippen LogP contribution in [-0.2, 0) is 0 Å². The van der Waals surface area contributed by atoms with Gasteiger partial charge in [0.25, 0.3) is 5.91 Å². The number of nitrogens with zero attached hydrogens (tertiary/aromatic N) is 1. The number of nitrogens with one attached hydrogen (secondary N) is 1. The number of fused-ring (bicyclic) bond motifs is 1. The first-order chi connectivity index (χ1) is 10.0. The molecule has 21 heavy (non-hydrogen) atoms. The number of rotatable bonds is 2. The molecule has 0 radical (unpaired) electrons. The smallest absolute Gasteiger partial charge is 0.261 e. The summed E-state index contributed by atoms with van der Waals surface area (Å²) in [5, 5.41) is 13.2. The highest BCUT2D eigenvalue weighted by Gasteiger charge is 2.16. The Morgan fingerprint density at radius 2 is 2.00 bits per heavy atom. The van der Waals surface area contributed by atoms with Gasteiger partial charge in [0, 0.05) is 4.47 Å². The van der Waals surface area contributed by atoms with Crippen molar-refractivity contribution in [3.05, 3.63) is 50.9 Å². The van der Waals surface area contributed by atoms with Crippen LogP contribution in [0.1, 0.15) is 10.4 Å². The quantitative estimate of drug-likeness (QED) is 0.618. The van der Waals surface area contributed by atoms with Crippen molar-refractivity contribution in [1.29, 1.82) is 0 Å². The Kier molecular flexibility index (Phi) is 3.97. The van der Waals surface area contributed by atoms with Crippen LogP contribution in [-0.4, -0.2) is 16.0 Å². The van der Waals surface area contributed by atoms with E-state index in [1.165, 1.54) is 11.3 Å². The lowest BCUT2D eigenvalue weighted by molar-refractivity contribution is 0.102. The minimum Gasteiger partial charge on any atom is -0.506 e. The van der Waals surface area contributed by atoms with Crippen molar-refractivity contribution in [1.82, 2.24) is 4.98 Å². The second-order valence-electron chi connectivity index (χ2n) is 4.22. The molecule has 4 nitrogen and oxygen atoms in total. The zero-order chi connectivity index (χ0) is 15.0. The zero-order valence-electron chi connectivity index (χ0n) is 10.4. The Bertz CT molecular complexity index is 815. The first-order valence-corrected chi connectivity index (χ1v) is 8.30. The molecule has 2 aromatic carbocycles. The van der Waals surface area contributed by atoms with Gasteiger partial charge in [-0.25, -0.2) is 4.98 Å². The van der Waals surface area contributed by atoms with Crippen LogP contribution in [0.4, 0.5) is 5.13 Å². The predicted molar refractivity (Wildman–Crippen MR) is 91.1 cm³/mol. The van der Waals surface area contributed by atoms with Crippen LogP contribution in [0.3, 0.4) is 0 Å². The monoisotopic (exact) mass is 426 g/mol. The Balaban J connectivity index is 1.93. The number of para-hydroxylation sites is 1. The predicted octanol–water partition coefficient (Wildman–Crippen LogP) is 4.78. The summed E-state index contributed by atoms with van der Waals surface area (Å²) in [7, 11) is 0. The molecule has 0 saturated carbocycles. The second-order valence-corrected chi connectivity index (χ2v) is 7.03. The Morgan fingerprint density at radius 3 is 2.76 bits per heavy atom. The van der Waals surface area contributed by atoms with Gasteiger partial charge in [0.15, 0.2) is 5.13 Å². The highest BCUT2D eigenvalue weighted by atomic mass is 79.9. The molecule has 3 rings (SSSR count). The van der Waals surface area contributed by atoms with Crippen molar-refractivity contribution in [2.45, 2.75) is 0 Å². The number of aromatic nitrogens is 1. The van der Waals surface area contributed by atoms with Crippen molar-refractivity contribution in [2.75, 3.05) is 5.32 Å². The molecule has 0 aliphatic carbocycles. The number of aromatic hydroxyl groups is 1. The zero-order valence-corrected chi connectivity index (χ0v) is 14.4. The van der Waals surface area contributed by atoms with Gasteiger partial charge in [-0.2, -0.15) is 0 Å². The molecule has 3 aromatic rings. The molecule has 0 fully saturated rings. The number of amides is 1. The fourth-order valence-corrected chi connectivity index (χ4v) is 3.92. The van der Waals surface area contributed by atoms with Crippen molar-refractivity contribution in [2.24, 2.45) is 0 Å². The van der Waals surface area contributed by atoms with E-state index in [-0.39, 0.29) is 11.3 Å². The summed E-state index contributed by atoms with van der Waals surface area (Å²) in [6, 6.07) is 10.9. The molecular formula is C14H8Br2N2O2S. The van der Waals surface area contributed by atoms with Crippen LogP contribution in [0.15, 0.2) is 45.3 Å². The molecule has 2 N–H and O–H groups in total. The second kappa shape index (κ2) is 5.75. The normalized spacial score (nSPS) is 10.8. The van der Waals surface area contributed by atoms with E-state index in [4.69, 9.17) is 0 Å². The molecule has 0 atom stereocenters. The molecule has 0 aliphatic heterocycles. The Hall–Kier alpha value is -1.44. The lowest BCUT2D eigenvalue weighted by Crippen LogP contribution is -2.12. The summed E-state index contributed by atoms with van der Waals surface area (Å²) in [6.07, 6.45) is 0. The lowest BCUT2D eigenvalue weighted by atomic mass is 10.2. The van der Waals surface area contributed by atoms with Gasteiger partial charge in [-0.15, -0.1) is 0 Å². The summed E-state index contributed by atoms with van der Waals surface area (Å²) in [5.74, 6) is -0.509. The SMILES string of the molecule is O=C(Nc1nc2ccccc2s1)c1cc(Br)cc(Br)c1O. The van der Waals surface area contributed by atoms with Crippen molar-refractivity contribution in [3.8, 4) is 5.75 Å². The van der Waals surface area contributed by atoms with Gasteiger partial charge in [0.05, 0.1) is 20.3 Å². The summed E-state index contributed by atoms with van der Waals surface area (Å²) in [5.41, 5.74) is 1.01. The molecule has 1 heterocycles. The third-order valence-corrected chi connectivity index (χ3v) is 4.80. The molecule has 0 bridgehead atoms. The van der Waals surface area contributed by atoms with Crippen LogP contribution in [0.5, 0.6) is 5.75 Å². The summed E-state index contributed by atoms with van der Waals surface area (Å²) in [4.78, 5) is 16.6. The number of hydrogen-bond acceptors (Lipinski definition) is 4. The van der Waals surface area contributed by atoms with Gasteiger partial charge >= 0.3 is 0 Å². The third-order valence-electron chi connectivity index (χ3n) is 2.79. The fourth-order valence-electron chi connectivity index (χ4n) is 1.83. The number of anilines is 1. The average Bonchev–Trinajstić information content (AvgIpc) is 2.84. The maximum absolute atomic E-state index is 12.3. The van der Waals surface area contributed by atoms with Crippen LogP contribution in [0, 0.1) is 0 Å². The van der Waals surface area contributed by atoms with Crippen molar-refractivity contribution in [3.63, 3.8) is 0 Å². The highest BCUT2D eigenvalue weighted by molar-refractivity contribution is 9.11. The molecule has 0 saturated heterocycles. The topological polar surface area (TPSA) is 62.2 Å². The van der Waals surface area contributed by atoms with E-state index in [1.54, 1.807) is 12.1 Å². The number of thiazole rings is 1. The summed E-state index contributed by atoms with van der Waals surface area (Å²) < 4.78 is 2.14. The molecule has 0 spiro atoms. The van der Waals surface area contributed by atoms with Crippen molar-refractivity contribution < 1.29 is 9.90 Å². The van der Waals surface area contributed by atoms with Gasteiger partial charge in [0.2, 0.25) is 0 Å². The third kappa shape index (κ3) is 2.95. The number of benzene rings is 2. The fraction of sp³-hybridized carbons (Fsp3) is 0. The number of phenols is 1. The number of carbonyl (C=O) groups excluding carboxylic acids is 1. The molecule has 1 amide bonds. The van der Waals surface area contributed by atoms with Gasteiger partial charge in [0.1, 0.15) is 5.75 Å². The molecule has 0 unspecified atom stereocenters. The van der Waals surface area contributed by atoms with E-state index < -0.39 is 5.91 Å². The van der Waals surface area contributed by atoms with E-state index in [0.717, 1.165) is 10.2 Å². The van der Waals surface area contributed by atoms with Gasteiger partial charge in [-0.05, 0) is 40.2 Å². The average molecular weight is 428 g/mol. The molecule has 0 aliphatic rings. The summed E-state index contributed by atoms with van der Waals surface area (Å²) in [6.45, 7) is 0. The van der Waals surface area contributed by atoms with Crippen LogP contribution >= 0.6 is 43.2 Å². The largest absolute Gasteiger partial charge is 0.506 e. The maximum Gasteiger partial charge on any atom is 0.261 e. The number of phenolic OH excluding ortho intramolecular Hbond substituents is 1. The number of halogens is 2. The Morgan fingerprint density at radius 1 is 1.24 bits per heavy atom. The lowest BCUT2D eigenvalue weighted by Gasteiger charge is -2.06. The number of hydrogen-bond donors (Lipinski definition) is 2. The minimum atomic E-state index is -0.409.